The predicted molar refractivity (Wildman–Crippen MR) is 107 cm³/mol. The highest BCUT2D eigenvalue weighted by atomic mass is 35.5. The second kappa shape index (κ2) is 8.27. The highest BCUT2D eigenvalue weighted by molar-refractivity contribution is 6.32. The number of carbonyl (C=O) groups is 2. The van der Waals surface area contributed by atoms with Gasteiger partial charge in [0, 0.05) is 35.1 Å². The van der Waals surface area contributed by atoms with Gasteiger partial charge in [-0.15, -0.1) is 0 Å². The molecule has 1 aromatic carbocycles. The van der Waals surface area contributed by atoms with Crippen molar-refractivity contribution in [2.24, 2.45) is 5.92 Å². The van der Waals surface area contributed by atoms with E-state index in [-0.39, 0.29) is 11.8 Å². The first-order chi connectivity index (χ1) is 13.6. The Morgan fingerprint density at radius 3 is 2.79 bits per heavy atom. The maximum atomic E-state index is 13.1. The summed E-state index contributed by atoms with van der Waals surface area (Å²) in [4.78, 5) is 36.0. The third-order valence-corrected chi connectivity index (χ3v) is 6.07. The van der Waals surface area contributed by atoms with Crippen molar-refractivity contribution in [3.05, 3.63) is 52.9 Å². The first-order valence-electron chi connectivity index (χ1n) is 9.78. The number of anilines is 1. The number of amides is 2. The van der Waals surface area contributed by atoms with Gasteiger partial charge in [-0.1, -0.05) is 49.8 Å². The molecule has 1 saturated carbocycles. The largest absolute Gasteiger partial charge is 0.322 e. The van der Waals surface area contributed by atoms with E-state index in [1.54, 1.807) is 29.3 Å². The Labute approximate surface area is 169 Å². The Bertz CT molecular complexity index is 868. The summed E-state index contributed by atoms with van der Waals surface area (Å²) in [7, 11) is 0. The molecule has 28 heavy (non-hydrogen) atoms. The van der Waals surface area contributed by atoms with E-state index in [0.717, 1.165) is 18.4 Å². The van der Waals surface area contributed by atoms with Crippen molar-refractivity contribution in [1.29, 1.82) is 0 Å². The fraction of sp³-hybridized carbons (Fsp3) is 0.429. The molecule has 0 radical (unpaired) electrons. The standard InChI is InChI=1S/C21H23ClN4O2/c22-17-8-4-7-15-16(17)13-26(21(15)28)18(11-14-5-2-1-3-6-14)20(27)25-19-12-23-9-10-24-19/h4,7-10,12,14,18H,1-3,5-6,11,13H2,(H,24,25,27). The highest BCUT2D eigenvalue weighted by Crippen LogP contribution is 2.34. The normalized spacial score (nSPS) is 18.0. The van der Waals surface area contributed by atoms with E-state index in [4.69, 9.17) is 11.6 Å². The smallest absolute Gasteiger partial charge is 0.255 e. The molecule has 1 atom stereocenters. The number of hydrogen-bond donors (Lipinski definition) is 1. The number of hydrogen-bond acceptors (Lipinski definition) is 4. The summed E-state index contributed by atoms with van der Waals surface area (Å²) in [6, 6.07) is 4.79. The number of nitrogens with zero attached hydrogens (tertiary/aromatic N) is 3. The minimum absolute atomic E-state index is 0.132. The fourth-order valence-corrected chi connectivity index (χ4v) is 4.49. The van der Waals surface area contributed by atoms with Crippen LogP contribution in [0.25, 0.3) is 0 Å². The molecule has 2 amide bonds. The molecule has 7 heteroatoms. The van der Waals surface area contributed by atoms with Crippen LogP contribution < -0.4 is 5.32 Å². The Hall–Kier alpha value is -2.47. The molecule has 1 aromatic heterocycles. The van der Waals surface area contributed by atoms with Gasteiger partial charge < -0.3 is 10.2 Å². The molecule has 1 aliphatic heterocycles. The molecule has 4 rings (SSSR count). The summed E-state index contributed by atoms with van der Waals surface area (Å²) in [5.41, 5.74) is 1.39. The minimum atomic E-state index is -0.555. The number of rotatable bonds is 5. The molecular weight excluding hydrogens is 376 g/mol. The van der Waals surface area contributed by atoms with Crippen molar-refractivity contribution >= 4 is 29.2 Å². The molecule has 1 aliphatic carbocycles. The number of halogens is 1. The van der Waals surface area contributed by atoms with Crippen LogP contribution >= 0.6 is 11.6 Å². The Morgan fingerprint density at radius 2 is 2.07 bits per heavy atom. The summed E-state index contributed by atoms with van der Waals surface area (Å²) >= 11 is 6.31. The van der Waals surface area contributed by atoms with Crippen LogP contribution in [0.4, 0.5) is 5.82 Å². The van der Waals surface area contributed by atoms with Crippen LogP contribution in [-0.2, 0) is 11.3 Å². The third-order valence-electron chi connectivity index (χ3n) is 5.71. The average molecular weight is 399 g/mol. The second-order valence-electron chi connectivity index (χ2n) is 7.53. The molecule has 1 N–H and O–H groups in total. The van der Waals surface area contributed by atoms with Crippen molar-refractivity contribution in [1.82, 2.24) is 14.9 Å². The lowest BCUT2D eigenvalue weighted by Gasteiger charge is -2.31. The van der Waals surface area contributed by atoms with Crippen molar-refractivity contribution in [2.45, 2.75) is 51.1 Å². The van der Waals surface area contributed by atoms with E-state index in [1.807, 2.05) is 0 Å². The summed E-state index contributed by atoms with van der Waals surface area (Å²) in [5.74, 6) is 0.484. The van der Waals surface area contributed by atoms with Crippen molar-refractivity contribution in [3.8, 4) is 0 Å². The molecule has 1 unspecified atom stereocenters. The van der Waals surface area contributed by atoms with Crippen molar-refractivity contribution in [3.63, 3.8) is 0 Å². The number of aromatic nitrogens is 2. The van der Waals surface area contributed by atoms with Crippen LogP contribution in [0.2, 0.25) is 5.02 Å². The van der Waals surface area contributed by atoms with E-state index in [2.05, 4.69) is 15.3 Å². The van der Waals surface area contributed by atoms with Crippen LogP contribution in [0, 0.1) is 5.92 Å². The number of fused-ring (bicyclic) bond motifs is 1. The summed E-state index contributed by atoms with van der Waals surface area (Å²) in [6.07, 6.45) is 11.1. The van der Waals surface area contributed by atoms with Gasteiger partial charge >= 0.3 is 0 Å². The Morgan fingerprint density at radius 1 is 1.25 bits per heavy atom. The van der Waals surface area contributed by atoms with Gasteiger partial charge in [0.25, 0.3) is 5.91 Å². The SMILES string of the molecule is O=C(Nc1cnccn1)C(CC1CCCCC1)N1Cc2c(Cl)cccc2C1=O. The first-order valence-corrected chi connectivity index (χ1v) is 10.2. The lowest BCUT2D eigenvalue weighted by Crippen LogP contribution is -2.45. The predicted octanol–water partition coefficient (Wildman–Crippen LogP) is 4.06. The summed E-state index contributed by atoms with van der Waals surface area (Å²) < 4.78 is 0. The van der Waals surface area contributed by atoms with Crippen LogP contribution in [0.5, 0.6) is 0 Å². The maximum absolute atomic E-state index is 13.1. The molecule has 6 nitrogen and oxygen atoms in total. The Balaban J connectivity index is 1.58. The van der Waals surface area contributed by atoms with Crippen molar-refractivity contribution in [2.75, 3.05) is 5.32 Å². The monoisotopic (exact) mass is 398 g/mol. The van der Waals surface area contributed by atoms with Crippen LogP contribution in [0.1, 0.15) is 54.4 Å². The number of nitrogens with one attached hydrogen (secondary N) is 1. The molecule has 1 fully saturated rings. The number of benzene rings is 1. The zero-order valence-electron chi connectivity index (χ0n) is 15.6. The number of carbonyl (C=O) groups excluding carboxylic acids is 2. The topological polar surface area (TPSA) is 75.2 Å². The van der Waals surface area contributed by atoms with Crippen molar-refractivity contribution < 1.29 is 9.59 Å². The van der Waals surface area contributed by atoms with Gasteiger partial charge in [-0.05, 0) is 24.5 Å². The van der Waals surface area contributed by atoms with Crippen LogP contribution in [0.15, 0.2) is 36.8 Å². The van der Waals surface area contributed by atoms with E-state index in [1.165, 1.54) is 31.7 Å². The first kappa shape index (κ1) is 18.9. The lowest BCUT2D eigenvalue weighted by atomic mass is 9.84. The van der Waals surface area contributed by atoms with Gasteiger partial charge in [0.05, 0.1) is 6.20 Å². The molecule has 2 aliphatic rings. The highest BCUT2D eigenvalue weighted by Gasteiger charge is 2.38. The van der Waals surface area contributed by atoms with E-state index >= 15 is 0 Å². The van der Waals surface area contributed by atoms with E-state index in [0.29, 0.717) is 35.3 Å². The Kier molecular flexibility index (Phi) is 5.57. The molecule has 2 aromatic rings. The molecule has 0 saturated heterocycles. The van der Waals surface area contributed by atoms with Gasteiger partial charge in [0.2, 0.25) is 5.91 Å². The van der Waals surface area contributed by atoms with Gasteiger partial charge in [-0.25, -0.2) is 4.98 Å². The maximum Gasteiger partial charge on any atom is 0.255 e. The molecular formula is C21H23ClN4O2. The fourth-order valence-electron chi connectivity index (χ4n) is 4.26. The molecule has 0 bridgehead atoms. The molecule has 2 heterocycles. The second-order valence-corrected chi connectivity index (χ2v) is 7.94. The van der Waals surface area contributed by atoms with Gasteiger partial charge in [-0.3, -0.25) is 14.6 Å². The zero-order chi connectivity index (χ0) is 19.5. The van der Waals surface area contributed by atoms with Crippen LogP contribution in [-0.4, -0.2) is 32.7 Å². The van der Waals surface area contributed by atoms with Crippen LogP contribution in [0.3, 0.4) is 0 Å². The minimum Gasteiger partial charge on any atom is -0.322 e. The van der Waals surface area contributed by atoms with E-state index < -0.39 is 6.04 Å². The third kappa shape index (κ3) is 3.87. The average Bonchev–Trinajstić information content (AvgIpc) is 3.05. The quantitative estimate of drug-likeness (QED) is 0.823. The molecule has 146 valence electrons. The summed E-state index contributed by atoms with van der Waals surface area (Å²) in [5, 5.41) is 3.40. The zero-order valence-corrected chi connectivity index (χ0v) is 16.4. The lowest BCUT2D eigenvalue weighted by molar-refractivity contribution is -0.121. The van der Waals surface area contributed by atoms with Gasteiger partial charge in [0.15, 0.2) is 5.82 Å². The molecule has 0 spiro atoms. The van der Waals surface area contributed by atoms with Gasteiger partial charge in [0.1, 0.15) is 6.04 Å². The van der Waals surface area contributed by atoms with Gasteiger partial charge in [-0.2, -0.15) is 0 Å². The summed E-state index contributed by atoms with van der Waals surface area (Å²) in [6.45, 7) is 0.360. The van der Waals surface area contributed by atoms with E-state index in [9.17, 15) is 9.59 Å².